The average Bonchev–Trinajstić information content (AvgIpc) is 2.93. The fourth-order valence-corrected chi connectivity index (χ4v) is 2.82. The summed E-state index contributed by atoms with van der Waals surface area (Å²) in [7, 11) is 0. The SMILES string of the molecule is Cc1cc(NC(=O)CN2CCN(c3ccncc3Cl)CC2)no1. The average molecular weight is 336 g/mol. The van der Waals surface area contributed by atoms with Crippen molar-refractivity contribution in [2.75, 3.05) is 42.9 Å². The predicted octanol–water partition coefficient (Wildman–Crippen LogP) is 1.79. The molecule has 1 aliphatic heterocycles. The molecule has 23 heavy (non-hydrogen) atoms. The molecule has 1 N–H and O–H groups in total. The van der Waals surface area contributed by atoms with Crippen molar-refractivity contribution < 1.29 is 9.32 Å². The minimum absolute atomic E-state index is 0.0892. The number of nitrogens with zero attached hydrogens (tertiary/aromatic N) is 4. The molecule has 2 aromatic rings. The first-order valence-electron chi connectivity index (χ1n) is 7.42. The number of piperazine rings is 1. The van der Waals surface area contributed by atoms with Gasteiger partial charge >= 0.3 is 0 Å². The Morgan fingerprint density at radius 2 is 2.17 bits per heavy atom. The van der Waals surface area contributed by atoms with Crippen LogP contribution in [-0.2, 0) is 4.79 Å². The van der Waals surface area contributed by atoms with Gasteiger partial charge in [0.15, 0.2) is 5.82 Å². The van der Waals surface area contributed by atoms with Gasteiger partial charge in [-0.15, -0.1) is 0 Å². The second kappa shape index (κ2) is 6.97. The molecule has 8 heteroatoms. The highest BCUT2D eigenvalue weighted by Gasteiger charge is 2.20. The summed E-state index contributed by atoms with van der Waals surface area (Å²) in [5, 5.41) is 7.14. The molecule has 2 aromatic heterocycles. The molecule has 0 radical (unpaired) electrons. The minimum atomic E-state index is -0.0892. The van der Waals surface area contributed by atoms with Crippen molar-refractivity contribution in [1.82, 2.24) is 15.0 Å². The minimum Gasteiger partial charge on any atom is -0.368 e. The molecule has 1 aliphatic rings. The molecule has 1 amide bonds. The highest BCUT2D eigenvalue weighted by molar-refractivity contribution is 6.33. The molecular formula is C15H18ClN5O2. The lowest BCUT2D eigenvalue weighted by Gasteiger charge is -2.35. The van der Waals surface area contributed by atoms with Crippen molar-refractivity contribution in [2.24, 2.45) is 0 Å². The van der Waals surface area contributed by atoms with Gasteiger partial charge in [0.25, 0.3) is 0 Å². The Bertz CT molecular complexity index is 682. The maximum absolute atomic E-state index is 12.0. The van der Waals surface area contributed by atoms with Gasteiger partial charge in [-0.05, 0) is 13.0 Å². The van der Waals surface area contributed by atoms with Crippen LogP contribution in [0.2, 0.25) is 5.02 Å². The molecule has 3 rings (SSSR count). The number of carbonyl (C=O) groups is 1. The van der Waals surface area contributed by atoms with E-state index in [1.54, 1.807) is 25.4 Å². The van der Waals surface area contributed by atoms with Gasteiger partial charge < -0.3 is 14.7 Å². The van der Waals surface area contributed by atoms with E-state index in [0.717, 1.165) is 31.9 Å². The van der Waals surface area contributed by atoms with E-state index >= 15 is 0 Å². The van der Waals surface area contributed by atoms with Crippen LogP contribution in [0.5, 0.6) is 0 Å². The van der Waals surface area contributed by atoms with Crippen molar-refractivity contribution in [3.8, 4) is 0 Å². The first-order valence-corrected chi connectivity index (χ1v) is 7.79. The molecule has 0 atom stereocenters. The van der Waals surface area contributed by atoms with Gasteiger partial charge in [0.2, 0.25) is 5.91 Å². The number of hydrogen-bond acceptors (Lipinski definition) is 6. The van der Waals surface area contributed by atoms with E-state index in [4.69, 9.17) is 16.1 Å². The smallest absolute Gasteiger partial charge is 0.239 e. The quantitative estimate of drug-likeness (QED) is 0.918. The second-order valence-corrected chi connectivity index (χ2v) is 5.87. The molecule has 0 unspecified atom stereocenters. The zero-order chi connectivity index (χ0) is 16.2. The normalized spacial score (nSPS) is 15.7. The van der Waals surface area contributed by atoms with Crippen LogP contribution in [0.1, 0.15) is 5.76 Å². The van der Waals surface area contributed by atoms with Crippen LogP contribution in [0.3, 0.4) is 0 Å². The van der Waals surface area contributed by atoms with Crippen LogP contribution in [0.15, 0.2) is 29.0 Å². The number of rotatable bonds is 4. The summed E-state index contributed by atoms with van der Waals surface area (Å²) in [4.78, 5) is 20.3. The van der Waals surface area contributed by atoms with Gasteiger partial charge in [-0.25, -0.2) is 0 Å². The third-order valence-corrected chi connectivity index (χ3v) is 4.02. The Kier molecular flexibility index (Phi) is 4.78. The third kappa shape index (κ3) is 4.00. The van der Waals surface area contributed by atoms with Crippen LogP contribution in [0, 0.1) is 6.92 Å². The van der Waals surface area contributed by atoms with Crippen LogP contribution in [0.25, 0.3) is 0 Å². The fourth-order valence-electron chi connectivity index (χ4n) is 2.58. The summed E-state index contributed by atoms with van der Waals surface area (Å²) in [6, 6.07) is 3.61. The number of halogens is 1. The number of amides is 1. The summed E-state index contributed by atoms with van der Waals surface area (Å²) < 4.78 is 4.93. The maximum Gasteiger partial charge on any atom is 0.239 e. The van der Waals surface area contributed by atoms with Crippen molar-refractivity contribution in [3.05, 3.63) is 35.3 Å². The number of pyridine rings is 1. The number of anilines is 2. The number of hydrogen-bond donors (Lipinski definition) is 1. The Balaban J connectivity index is 1.49. The van der Waals surface area contributed by atoms with Crippen LogP contribution in [-0.4, -0.2) is 53.7 Å². The topological polar surface area (TPSA) is 74.5 Å². The molecule has 3 heterocycles. The van der Waals surface area contributed by atoms with Crippen LogP contribution >= 0.6 is 11.6 Å². The lowest BCUT2D eigenvalue weighted by atomic mass is 10.2. The molecule has 0 aromatic carbocycles. The van der Waals surface area contributed by atoms with E-state index in [1.165, 1.54) is 0 Å². The van der Waals surface area contributed by atoms with Crippen molar-refractivity contribution in [2.45, 2.75) is 6.92 Å². The van der Waals surface area contributed by atoms with E-state index in [2.05, 4.69) is 25.3 Å². The summed E-state index contributed by atoms with van der Waals surface area (Å²) in [6.07, 6.45) is 3.39. The lowest BCUT2D eigenvalue weighted by molar-refractivity contribution is -0.117. The second-order valence-electron chi connectivity index (χ2n) is 5.46. The van der Waals surface area contributed by atoms with Crippen LogP contribution < -0.4 is 10.2 Å². The molecule has 0 bridgehead atoms. The highest BCUT2D eigenvalue weighted by Crippen LogP contribution is 2.25. The van der Waals surface area contributed by atoms with Gasteiger partial charge in [-0.1, -0.05) is 16.8 Å². The summed E-state index contributed by atoms with van der Waals surface area (Å²) >= 11 is 6.17. The first kappa shape index (κ1) is 15.8. The zero-order valence-corrected chi connectivity index (χ0v) is 13.6. The number of aromatic nitrogens is 2. The number of aryl methyl sites for hydroxylation is 1. The molecule has 1 saturated heterocycles. The summed E-state index contributed by atoms with van der Waals surface area (Å²) in [6.45, 7) is 5.35. The Hall–Kier alpha value is -2.12. The van der Waals surface area contributed by atoms with Gasteiger partial charge in [0.05, 0.1) is 17.3 Å². The Morgan fingerprint density at radius 1 is 1.39 bits per heavy atom. The molecule has 122 valence electrons. The first-order chi connectivity index (χ1) is 11.1. The van der Waals surface area contributed by atoms with E-state index < -0.39 is 0 Å². The van der Waals surface area contributed by atoms with E-state index in [1.807, 2.05) is 6.07 Å². The summed E-state index contributed by atoms with van der Waals surface area (Å²) in [5.41, 5.74) is 0.990. The highest BCUT2D eigenvalue weighted by atomic mass is 35.5. The molecular weight excluding hydrogens is 318 g/mol. The fraction of sp³-hybridized carbons (Fsp3) is 0.400. The molecule has 0 saturated carbocycles. The van der Waals surface area contributed by atoms with Gasteiger partial charge in [-0.2, -0.15) is 0 Å². The predicted molar refractivity (Wildman–Crippen MR) is 87.8 cm³/mol. The molecule has 0 spiro atoms. The van der Waals surface area contributed by atoms with Crippen molar-refractivity contribution >= 4 is 29.0 Å². The summed E-state index contributed by atoms with van der Waals surface area (Å²) in [5.74, 6) is 1.03. The van der Waals surface area contributed by atoms with E-state index in [0.29, 0.717) is 23.1 Å². The maximum atomic E-state index is 12.0. The van der Waals surface area contributed by atoms with Gasteiger partial charge in [0, 0.05) is 44.6 Å². The zero-order valence-electron chi connectivity index (χ0n) is 12.8. The number of carbonyl (C=O) groups excluding carboxylic acids is 1. The van der Waals surface area contributed by atoms with Crippen LogP contribution in [0.4, 0.5) is 11.5 Å². The van der Waals surface area contributed by atoms with E-state index in [-0.39, 0.29) is 5.91 Å². The largest absolute Gasteiger partial charge is 0.368 e. The van der Waals surface area contributed by atoms with Crippen molar-refractivity contribution in [1.29, 1.82) is 0 Å². The monoisotopic (exact) mass is 335 g/mol. The molecule has 0 aliphatic carbocycles. The third-order valence-electron chi connectivity index (χ3n) is 3.73. The number of nitrogens with one attached hydrogen (secondary N) is 1. The van der Waals surface area contributed by atoms with Gasteiger partial charge in [-0.3, -0.25) is 14.7 Å². The standard InChI is InChI=1S/C15H18ClN5O2/c1-11-8-14(19-23-11)18-15(22)10-20-4-6-21(7-5-20)13-2-3-17-9-12(13)16/h2-3,8-9H,4-7,10H2,1H3,(H,18,19,22). The van der Waals surface area contributed by atoms with E-state index in [9.17, 15) is 4.79 Å². The molecule has 1 fully saturated rings. The van der Waals surface area contributed by atoms with Gasteiger partial charge in [0.1, 0.15) is 5.76 Å². The lowest BCUT2D eigenvalue weighted by Crippen LogP contribution is -2.48. The Morgan fingerprint density at radius 3 is 2.83 bits per heavy atom. The Labute approximate surface area is 139 Å². The molecule has 7 nitrogen and oxygen atoms in total. The van der Waals surface area contributed by atoms with Crippen molar-refractivity contribution in [3.63, 3.8) is 0 Å².